The fourth-order valence-corrected chi connectivity index (χ4v) is 4.92. The van der Waals surface area contributed by atoms with E-state index in [0.29, 0.717) is 12.1 Å². The number of halogens is 1. The molecule has 1 aromatic carbocycles. The van der Waals surface area contributed by atoms with Crippen LogP contribution >= 0.6 is 15.9 Å². The molecule has 1 N–H and O–H groups in total. The average molecular weight is 336 g/mol. The molecule has 0 aliphatic heterocycles. The monoisotopic (exact) mass is 335 g/mol. The topological polar surface area (TPSA) is 12.0 Å². The van der Waals surface area contributed by atoms with Crippen molar-refractivity contribution in [2.75, 3.05) is 0 Å². The summed E-state index contributed by atoms with van der Waals surface area (Å²) in [7, 11) is 0. The lowest BCUT2D eigenvalue weighted by molar-refractivity contribution is 0.164. The smallest absolute Gasteiger partial charge is 0.0305 e. The fraction of sp³-hybridized carbons (Fsp3) is 0.667. The molecule has 0 saturated heterocycles. The van der Waals surface area contributed by atoms with Gasteiger partial charge in [-0.25, -0.2) is 0 Å². The molecule has 110 valence electrons. The normalized spacial score (nSPS) is 24.1. The number of rotatable bonds is 3. The third kappa shape index (κ3) is 3.12. The Morgan fingerprint density at radius 1 is 1.10 bits per heavy atom. The molecule has 2 aliphatic carbocycles. The summed E-state index contributed by atoms with van der Waals surface area (Å²) in [4.78, 5) is 0. The Morgan fingerprint density at radius 2 is 1.75 bits per heavy atom. The predicted molar refractivity (Wildman–Crippen MR) is 88.8 cm³/mol. The van der Waals surface area contributed by atoms with Gasteiger partial charge in [-0.2, -0.15) is 0 Å². The minimum Gasteiger partial charge on any atom is -0.307 e. The quantitative estimate of drug-likeness (QED) is 0.757. The van der Waals surface area contributed by atoms with E-state index in [1.54, 1.807) is 0 Å². The zero-order chi connectivity index (χ0) is 14.0. The molecule has 2 saturated carbocycles. The third-order valence-corrected chi connectivity index (χ3v) is 6.29. The van der Waals surface area contributed by atoms with Gasteiger partial charge >= 0.3 is 0 Å². The van der Waals surface area contributed by atoms with Crippen LogP contribution in [0.3, 0.4) is 0 Å². The Bertz CT molecular complexity index is 440. The van der Waals surface area contributed by atoms with E-state index < -0.39 is 0 Å². The van der Waals surface area contributed by atoms with Crippen LogP contribution in [0.25, 0.3) is 0 Å². The van der Waals surface area contributed by atoms with Gasteiger partial charge < -0.3 is 5.32 Å². The summed E-state index contributed by atoms with van der Waals surface area (Å²) in [5.74, 6) is 0. The van der Waals surface area contributed by atoms with Crippen LogP contribution in [-0.4, -0.2) is 6.04 Å². The number of hydrogen-bond acceptors (Lipinski definition) is 1. The van der Waals surface area contributed by atoms with E-state index >= 15 is 0 Å². The molecule has 20 heavy (non-hydrogen) atoms. The summed E-state index contributed by atoms with van der Waals surface area (Å²) < 4.78 is 1.23. The largest absolute Gasteiger partial charge is 0.307 e. The van der Waals surface area contributed by atoms with Gasteiger partial charge in [0.1, 0.15) is 0 Å². The van der Waals surface area contributed by atoms with E-state index in [1.807, 2.05) is 0 Å². The first-order valence-corrected chi connectivity index (χ1v) is 8.98. The van der Waals surface area contributed by atoms with Crippen LogP contribution in [0.15, 0.2) is 28.7 Å². The molecule has 2 fully saturated rings. The van der Waals surface area contributed by atoms with Crippen LogP contribution in [0.5, 0.6) is 0 Å². The summed E-state index contributed by atoms with van der Waals surface area (Å²) in [6.45, 7) is 2.29. The van der Waals surface area contributed by atoms with Crippen molar-refractivity contribution < 1.29 is 0 Å². The molecular formula is C18H26BrN. The van der Waals surface area contributed by atoms with Gasteiger partial charge in [0.05, 0.1) is 0 Å². The molecular weight excluding hydrogens is 310 g/mol. The molecule has 1 unspecified atom stereocenters. The van der Waals surface area contributed by atoms with Crippen LogP contribution in [0.2, 0.25) is 0 Å². The van der Waals surface area contributed by atoms with Crippen LogP contribution in [0.4, 0.5) is 0 Å². The molecule has 2 aliphatic rings. The molecule has 1 spiro atoms. The van der Waals surface area contributed by atoms with E-state index in [2.05, 4.69) is 52.4 Å². The van der Waals surface area contributed by atoms with Crippen molar-refractivity contribution in [1.82, 2.24) is 5.32 Å². The second kappa shape index (κ2) is 6.19. The van der Waals surface area contributed by atoms with Crippen molar-refractivity contribution >= 4 is 15.9 Å². The molecule has 0 radical (unpaired) electrons. The molecule has 1 nitrogen and oxygen atoms in total. The highest BCUT2D eigenvalue weighted by Gasteiger charge is 2.37. The molecule has 0 amide bonds. The van der Waals surface area contributed by atoms with Crippen LogP contribution in [0, 0.1) is 5.41 Å². The summed E-state index contributed by atoms with van der Waals surface area (Å²) in [5, 5.41) is 3.85. The first kappa shape index (κ1) is 14.6. The van der Waals surface area contributed by atoms with Crippen molar-refractivity contribution in [3.63, 3.8) is 0 Å². The van der Waals surface area contributed by atoms with E-state index in [-0.39, 0.29) is 0 Å². The summed E-state index contributed by atoms with van der Waals surface area (Å²) in [5.41, 5.74) is 2.13. The Morgan fingerprint density at radius 3 is 2.40 bits per heavy atom. The van der Waals surface area contributed by atoms with Crippen molar-refractivity contribution in [2.24, 2.45) is 5.41 Å². The van der Waals surface area contributed by atoms with Crippen LogP contribution < -0.4 is 5.32 Å². The van der Waals surface area contributed by atoms with Crippen molar-refractivity contribution in [3.8, 4) is 0 Å². The van der Waals surface area contributed by atoms with Gasteiger partial charge in [-0.1, -0.05) is 47.0 Å². The van der Waals surface area contributed by atoms with Gasteiger partial charge in [0.25, 0.3) is 0 Å². The maximum absolute atomic E-state index is 3.85. The maximum atomic E-state index is 3.85. The summed E-state index contributed by atoms with van der Waals surface area (Å²) in [6, 6.07) is 9.74. The molecule has 3 rings (SSSR count). The zero-order valence-electron chi connectivity index (χ0n) is 12.5. The Balaban J connectivity index is 1.56. The van der Waals surface area contributed by atoms with Gasteiger partial charge in [-0.3, -0.25) is 0 Å². The second-order valence-corrected chi connectivity index (χ2v) is 7.75. The standard InChI is InChI=1S/C18H26BrN/c1-14(16-6-2-3-7-17(16)19)20-15-8-12-18(13-9-15)10-4-5-11-18/h2-3,6-7,14-15,20H,4-5,8-13H2,1H3. The van der Waals surface area contributed by atoms with E-state index in [1.165, 1.54) is 61.4 Å². The molecule has 0 aromatic heterocycles. The maximum Gasteiger partial charge on any atom is 0.0305 e. The lowest BCUT2D eigenvalue weighted by atomic mass is 9.71. The molecule has 1 atom stereocenters. The summed E-state index contributed by atoms with van der Waals surface area (Å²) in [6.07, 6.45) is 11.6. The highest BCUT2D eigenvalue weighted by Crippen LogP contribution is 2.49. The number of benzene rings is 1. The second-order valence-electron chi connectivity index (χ2n) is 6.89. The van der Waals surface area contributed by atoms with Crippen molar-refractivity contribution in [1.29, 1.82) is 0 Å². The highest BCUT2D eigenvalue weighted by molar-refractivity contribution is 9.10. The van der Waals surface area contributed by atoms with Gasteiger partial charge in [-0.15, -0.1) is 0 Å². The molecule has 0 heterocycles. The lowest BCUT2D eigenvalue weighted by Gasteiger charge is -2.38. The number of hydrogen-bond donors (Lipinski definition) is 1. The van der Waals surface area contributed by atoms with Gasteiger partial charge in [0.2, 0.25) is 0 Å². The van der Waals surface area contributed by atoms with E-state index in [0.717, 1.165) is 5.41 Å². The van der Waals surface area contributed by atoms with Crippen LogP contribution in [-0.2, 0) is 0 Å². The minimum atomic E-state index is 0.438. The first-order valence-electron chi connectivity index (χ1n) is 8.19. The van der Waals surface area contributed by atoms with Gasteiger partial charge in [0.15, 0.2) is 0 Å². The number of nitrogens with one attached hydrogen (secondary N) is 1. The fourth-order valence-electron chi connectivity index (χ4n) is 4.29. The lowest BCUT2D eigenvalue weighted by Crippen LogP contribution is -2.38. The van der Waals surface area contributed by atoms with E-state index in [4.69, 9.17) is 0 Å². The van der Waals surface area contributed by atoms with Gasteiger partial charge in [0, 0.05) is 16.6 Å². The zero-order valence-corrected chi connectivity index (χ0v) is 14.1. The van der Waals surface area contributed by atoms with E-state index in [9.17, 15) is 0 Å². The Labute approximate surface area is 131 Å². The Kier molecular flexibility index (Phi) is 4.52. The van der Waals surface area contributed by atoms with Crippen LogP contribution in [0.1, 0.15) is 69.9 Å². The van der Waals surface area contributed by atoms with Crippen molar-refractivity contribution in [3.05, 3.63) is 34.3 Å². The minimum absolute atomic E-state index is 0.438. The molecule has 0 bridgehead atoms. The third-order valence-electron chi connectivity index (χ3n) is 5.57. The predicted octanol–water partition coefficient (Wildman–Crippen LogP) is 5.60. The highest BCUT2D eigenvalue weighted by atomic mass is 79.9. The van der Waals surface area contributed by atoms with Crippen molar-refractivity contribution in [2.45, 2.75) is 70.4 Å². The summed E-state index contributed by atoms with van der Waals surface area (Å²) >= 11 is 3.67. The molecule has 1 aromatic rings. The Hall–Kier alpha value is -0.340. The molecule has 2 heteroatoms. The average Bonchev–Trinajstić information content (AvgIpc) is 2.90. The SMILES string of the molecule is CC(NC1CCC2(CCCC2)CC1)c1ccccc1Br. The van der Waals surface area contributed by atoms with Gasteiger partial charge in [-0.05, 0) is 62.5 Å². The first-order chi connectivity index (χ1) is 9.69.